The van der Waals surface area contributed by atoms with Crippen molar-refractivity contribution in [3.8, 4) is 0 Å². The quantitative estimate of drug-likeness (QED) is 0.693. The van der Waals surface area contributed by atoms with Crippen molar-refractivity contribution in [2.45, 2.75) is 39.9 Å². The van der Waals surface area contributed by atoms with Crippen LogP contribution in [0.2, 0.25) is 0 Å². The van der Waals surface area contributed by atoms with Crippen LogP contribution in [0.15, 0.2) is 12.2 Å². The second-order valence-electron chi connectivity index (χ2n) is 4.71. The molecule has 0 spiro atoms. The standard InChI is InChI=1S/C13H18O4/c1-6(2)12-10(7(3)14)11(8(4)15)13(17-12)9(5)16/h10-13H,1H2,2-5H3. The Hall–Kier alpha value is -1.29. The molecule has 4 atom stereocenters. The lowest BCUT2D eigenvalue weighted by atomic mass is 9.79. The van der Waals surface area contributed by atoms with Crippen LogP contribution < -0.4 is 0 Å². The predicted molar refractivity (Wildman–Crippen MR) is 62.5 cm³/mol. The van der Waals surface area contributed by atoms with Crippen LogP contribution in [-0.2, 0) is 19.1 Å². The van der Waals surface area contributed by atoms with Gasteiger partial charge in [-0.15, -0.1) is 0 Å². The topological polar surface area (TPSA) is 60.4 Å². The van der Waals surface area contributed by atoms with Crippen LogP contribution in [0.4, 0.5) is 0 Å². The first-order valence-corrected chi connectivity index (χ1v) is 5.59. The number of hydrogen-bond acceptors (Lipinski definition) is 4. The van der Waals surface area contributed by atoms with Gasteiger partial charge in [0, 0.05) is 0 Å². The number of carbonyl (C=O) groups is 3. The van der Waals surface area contributed by atoms with Gasteiger partial charge in [0.05, 0.1) is 17.9 Å². The molecule has 0 radical (unpaired) electrons. The van der Waals surface area contributed by atoms with Gasteiger partial charge in [-0.25, -0.2) is 0 Å². The third kappa shape index (κ3) is 2.52. The molecule has 0 amide bonds. The van der Waals surface area contributed by atoms with Crippen molar-refractivity contribution in [3.05, 3.63) is 12.2 Å². The Morgan fingerprint density at radius 3 is 1.53 bits per heavy atom. The van der Waals surface area contributed by atoms with E-state index < -0.39 is 24.0 Å². The van der Waals surface area contributed by atoms with Crippen LogP contribution >= 0.6 is 0 Å². The Morgan fingerprint density at radius 1 is 0.824 bits per heavy atom. The zero-order chi connectivity index (χ0) is 13.3. The fourth-order valence-electron chi connectivity index (χ4n) is 2.41. The Bertz CT molecular complexity index is 347. The highest BCUT2D eigenvalue weighted by Crippen LogP contribution is 2.37. The molecule has 4 nitrogen and oxygen atoms in total. The number of Topliss-reactive ketones (excluding diaryl/α,β-unsaturated/α-hetero) is 3. The lowest BCUT2D eigenvalue weighted by molar-refractivity contribution is -0.134. The summed E-state index contributed by atoms with van der Waals surface area (Å²) in [5.74, 6) is -1.80. The van der Waals surface area contributed by atoms with E-state index in [1.165, 1.54) is 20.8 Å². The van der Waals surface area contributed by atoms with E-state index in [1.54, 1.807) is 6.92 Å². The van der Waals surface area contributed by atoms with Crippen molar-refractivity contribution in [2.24, 2.45) is 11.8 Å². The molecule has 0 aliphatic carbocycles. The largest absolute Gasteiger partial charge is 0.361 e. The van der Waals surface area contributed by atoms with E-state index in [2.05, 4.69) is 6.58 Å². The highest BCUT2D eigenvalue weighted by atomic mass is 16.5. The molecule has 4 heteroatoms. The Kier molecular flexibility index (Phi) is 3.98. The van der Waals surface area contributed by atoms with Crippen LogP contribution in [0.3, 0.4) is 0 Å². The highest BCUT2D eigenvalue weighted by Gasteiger charge is 2.50. The molecule has 1 aliphatic heterocycles. The second-order valence-corrected chi connectivity index (χ2v) is 4.71. The maximum absolute atomic E-state index is 11.7. The van der Waals surface area contributed by atoms with E-state index in [0.717, 1.165) is 0 Å². The first kappa shape index (κ1) is 13.8. The molecular weight excluding hydrogens is 220 g/mol. The normalized spacial score (nSPS) is 32.2. The minimum Gasteiger partial charge on any atom is -0.361 e. The SMILES string of the molecule is C=C(C)C1OC(C(C)=O)C(C(C)=O)C1C(C)=O. The number of carbonyl (C=O) groups excluding carboxylic acids is 3. The summed E-state index contributed by atoms with van der Waals surface area (Å²) in [5.41, 5.74) is 0.667. The van der Waals surface area contributed by atoms with Crippen molar-refractivity contribution in [3.63, 3.8) is 0 Å². The Morgan fingerprint density at radius 2 is 1.24 bits per heavy atom. The van der Waals surface area contributed by atoms with Crippen LogP contribution in [0.1, 0.15) is 27.7 Å². The summed E-state index contributed by atoms with van der Waals surface area (Å²) in [7, 11) is 0. The summed E-state index contributed by atoms with van der Waals surface area (Å²) in [6.07, 6.45) is -1.35. The van der Waals surface area contributed by atoms with Gasteiger partial charge in [-0.2, -0.15) is 0 Å². The molecule has 0 bridgehead atoms. The van der Waals surface area contributed by atoms with Crippen LogP contribution in [-0.4, -0.2) is 29.6 Å². The van der Waals surface area contributed by atoms with Crippen molar-refractivity contribution in [2.75, 3.05) is 0 Å². The fourth-order valence-corrected chi connectivity index (χ4v) is 2.41. The lowest BCUT2D eigenvalue weighted by Crippen LogP contribution is -2.35. The van der Waals surface area contributed by atoms with Gasteiger partial charge in [0.1, 0.15) is 17.7 Å². The first-order chi connectivity index (χ1) is 7.77. The fraction of sp³-hybridized carbons (Fsp3) is 0.615. The maximum Gasteiger partial charge on any atom is 0.159 e. The highest BCUT2D eigenvalue weighted by molar-refractivity contribution is 5.95. The van der Waals surface area contributed by atoms with E-state index in [1.807, 2.05) is 0 Å². The molecule has 0 saturated carbocycles. The maximum atomic E-state index is 11.7. The third-order valence-electron chi connectivity index (χ3n) is 3.16. The van der Waals surface area contributed by atoms with Gasteiger partial charge >= 0.3 is 0 Å². The molecule has 1 heterocycles. The summed E-state index contributed by atoms with van der Waals surface area (Å²) in [6, 6.07) is 0. The zero-order valence-corrected chi connectivity index (χ0v) is 10.6. The average molecular weight is 238 g/mol. The molecule has 0 N–H and O–H groups in total. The van der Waals surface area contributed by atoms with E-state index in [9.17, 15) is 14.4 Å². The van der Waals surface area contributed by atoms with Crippen LogP contribution in [0.25, 0.3) is 0 Å². The average Bonchev–Trinajstić information content (AvgIpc) is 2.56. The molecule has 17 heavy (non-hydrogen) atoms. The summed E-state index contributed by atoms with van der Waals surface area (Å²) in [4.78, 5) is 34.8. The molecule has 0 aromatic carbocycles. The molecule has 4 unspecified atom stereocenters. The summed E-state index contributed by atoms with van der Waals surface area (Å²) >= 11 is 0. The van der Waals surface area contributed by atoms with Gasteiger partial charge < -0.3 is 4.74 Å². The van der Waals surface area contributed by atoms with Crippen molar-refractivity contribution in [1.29, 1.82) is 0 Å². The predicted octanol–water partition coefficient (Wildman–Crippen LogP) is 1.33. The number of rotatable bonds is 4. The summed E-state index contributed by atoms with van der Waals surface area (Å²) in [5, 5.41) is 0. The molecule has 1 saturated heterocycles. The monoisotopic (exact) mass is 238 g/mol. The van der Waals surface area contributed by atoms with Gasteiger partial charge in [0.15, 0.2) is 5.78 Å². The Labute approximate surface area is 101 Å². The van der Waals surface area contributed by atoms with Gasteiger partial charge in [-0.1, -0.05) is 12.2 Å². The lowest BCUT2D eigenvalue weighted by Gasteiger charge is -2.18. The third-order valence-corrected chi connectivity index (χ3v) is 3.16. The van der Waals surface area contributed by atoms with Crippen molar-refractivity contribution >= 4 is 17.3 Å². The van der Waals surface area contributed by atoms with Gasteiger partial charge in [-0.3, -0.25) is 14.4 Å². The Balaban J connectivity index is 3.17. The van der Waals surface area contributed by atoms with E-state index in [0.29, 0.717) is 5.57 Å². The number of ketones is 3. The smallest absolute Gasteiger partial charge is 0.159 e. The molecule has 0 aromatic rings. The second kappa shape index (κ2) is 4.92. The van der Waals surface area contributed by atoms with E-state index in [-0.39, 0.29) is 17.3 Å². The summed E-state index contributed by atoms with van der Waals surface area (Å²) in [6.45, 7) is 9.68. The van der Waals surface area contributed by atoms with Crippen LogP contribution in [0.5, 0.6) is 0 Å². The van der Waals surface area contributed by atoms with Crippen molar-refractivity contribution < 1.29 is 19.1 Å². The number of hydrogen-bond donors (Lipinski definition) is 0. The molecule has 0 aromatic heterocycles. The molecule has 1 fully saturated rings. The minimum absolute atomic E-state index is 0.137. The number of ether oxygens (including phenoxy) is 1. The minimum atomic E-state index is -0.817. The van der Waals surface area contributed by atoms with Crippen LogP contribution in [0, 0.1) is 11.8 Å². The van der Waals surface area contributed by atoms with E-state index >= 15 is 0 Å². The van der Waals surface area contributed by atoms with E-state index in [4.69, 9.17) is 4.74 Å². The molecular formula is C13H18O4. The molecule has 1 aliphatic rings. The van der Waals surface area contributed by atoms with Crippen molar-refractivity contribution in [1.82, 2.24) is 0 Å². The van der Waals surface area contributed by atoms with Gasteiger partial charge in [0.2, 0.25) is 0 Å². The van der Waals surface area contributed by atoms with Gasteiger partial charge in [0.25, 0.3) is 0 Å². The van der Waals surface area contributed by atoms with Gasteiger partial charge in [-0.05, 0) is 27.7 Å². The first-order valence-electron chi connectivity index (χ1n) is 5.59. The molecule has 94 valence electrons. The zero-order valence-electron chi connectivity index (χ0n) is 10.6. The molecule has 1 rings (SSSR count). The summed E-state index contributed by atoms with van der Waals surface area (Å²) < 4.78 is 5.54.